The normalized spacial score (nSPS) is 10.7. The zero-order valence-electron chi connectivity index (χ0n) is 17.6. The molecule has 0 bridgehead atoms. The van der Waals surface area contributed by atoms with E-state index >= 15 is 0 Å². The van der Waals surface area contributed by atoms with Crippen LogP contribution >= 0.6 is 0 Å². The number of nitrogens with zero attached hydrogens (tertiary/aromatic N) is 1. The molecule has 1 N–H and O–H groups in total. The summed E-state index contributed by atoms with van der Waals surface area (Å²) in [5.74, 6) is 1.64. The molecule has 0 aliphatic rings. The number of aryl methyl sites for hydroxylation is 1. The van der Waals surface area contributed by atoms with Gasteiger partial charge in [0.15, 0.2) is 11.5 Å². The Morgan fingerprint density at radius 3 is 2.50 bits per heavy atom. The molecule has 6 heteroatoms. The fourth-order valence-electron chi connectivity index (χ4n) is 2.93. The zero-order valence-corrected chi connectivity index (χ0v) is 17.6. The van der Waals surface area contributed by atoms with E-state index < -0.39 is 0 Å². The standard InChI is InChI=1S/C24H26N2O4/c1-16(2)29-22-10-5-6-11-23(22)30-20-9-7-8-18(14-20)26-24(27)21-13-12-19(15-28-4)25-17(21)3/h5-14,16H,15H2,1-4H3,(H,26,27). The van der Waals surface area contributed by atoms with E-state index in [1.165, 1.54) is 0 Å². The molecule has 0 aliphatic heterocycles. The molecule has 30 heavy (non-hydrogen) atoms. The lowest BCUT2D eigenvalue weighted by Crippen LogP contribution is -2.14. The lowest BCUT2D eigenvalue weighted by atomic mass is 10.1. The lowest BCUT2D eigenvalue weighted by molar-refractivity contribution is 0.102. The maximum Gasteiger partial charge on any atom is 0.257 e. The largest absolute Gasteiger partial charge is 0.487 e. The number of methoxy groups -OCH3 is 1. The molecule has 2 aromatic carbocycles. The first-order valence-electron chi connectivity index (χ1n) is 9.76. The molecule has 0 fully saturated rings. The molecule has 1 heterocycles. The Kier molecular flexibility index (Phi) is 7.03. The Morgan fingerprint density at radius 2 is 1.80 bits per heavy atom. The molecule has 0 saturated carbocycles. The minimum atomic E-state index is -0.232. The van der Waals surface area contributed by atoms with Crippen molar-refractivity contribution < 1.29 is 19.0 Å². The quantitative estimate of drug-likeness (QED) is 0.545. The first-order chi connectivity index (χ1) is 14.5. The number of amides is 1. The van der Waals surface area contributed by atoms with E-state index in [-0.39, 0.29) is 12.0 Å². The molecule has 0 saturated heterocycles. The summed E-state index contributed by atoms with van der Waals surface area (Å²) in [6, 6.07) is 18.3. The second kappa shape index (κ2) is 9.89. The van der Waals surface area contributed by atoms with Gasteiger partial charge in [0.25, 0.3) is 5.91 Å². The second-order valence-corrected chi connectivity index (χ2v) is 7.07. The van der Waals surface area contributed by atoms with Crippen LogP contribution < -0.4 is 14.8 Å². The lowest BCUT2D eigenvalue weighted by Gasteiger charge is -2.15. The molecule has 3 rings (SSSR count). The molecule has 1 aromatic heterocycles. The number of benzene rings is 2. The summed E-state index contributed by atoms with van der Waals surface area (Å²) in [5, 5.41) is 2.90. The van der Waals surface area contributed by atoms with Gasteiger partial charge in [0.05, 0.1) is 29.7 Å². The summed E-state index contributed by atoms with van der Waals surface area (Å²) in [7, 11) is 1.61. The van der Waals surface area contributed by atoms with Crippen molar-refractivity contribution in [1.82, 2.24) is 4.98 Å². The van der Waals surface area contributed by atoms with Crippen molar-refractivity contribution in [2.24, 2.45) is 0 Å². The average molecular weight is 406 g/mol. The fraction of sp³-hybridized carbons (Fsp3) is 0.250. The highest BCUT2D eigenvalue weighted by Crippen LogP contribution is 2.32. The Labute approximate surface area is 176 Å². The van der Waals surface area contributed by atoms with Gasteiger partial charge in [-0.1, -0.05) is 18.2 Å². The Balaban J connectivity index is 1.74. The number of hydrogen-bond acceptors (Lipinski definition) is 5. The van der Waals surface area contributed by atoms with Crippen LogP contribution in [0.4, 0.5) is 5.69 Å². The van der Waals surface area contributed by atoms with Crippen molar-refractivity contribution in [3.8, 4) is 17.2 Å². The third kappa shape index (κ3) is 5.58. The van der Waals surface area contributed by atoms with Crippen LogP contribution in [0.5, 0.6) is 17.2 Å². The monoisotopic (exact) mass is 406 g/mol. The van der Waals surface area contributed by atoms with Crippen molar-refractivity contribution in [1.29, 1.82) is 0 Å². The molecule has 1 amide bonds. The van der Waals surface area contributed by atoms with Crippen molar-refractivity contribution in [3.05, 3.63) is 77.6 Å². The number of anilines is 1. The Morgan fingerprint density at radius 1 is 1.03 bits per heavy atom. The predicted molar refractivity (Wildman–Crippen MR) is 116 cm³/mol. The zero-order chi connectivity index (χ0) is 21.5. The minimum absolute atomic E-state index is 0.0347. The van der Waals surface area contributed by atoms with Crippen molar-refractivity contribution >= 4 is 11.6 Å². The van der Waals surface area contributed by atoms with Gasteiger partial charge in [-0.2, -0.15) is 0 Å². The Bertz CT molecular complexity index is 1020. The number of carbonyl (C=O) groups excluding carboxylic acids is 1. The van der Waals surface area contributed by atoms with Crippen LogP contribution in [0.1, 0.15) is 35.6 Å². The van der Waals surface area contributed by atoms with Crippen LogP contribution in [0.2, 0.25) is 0 Å². The fourth-order valence-corrected chi connectivity index (χ4v) is 2.93. The van der Waals surface area contributed by atoms with Gasteiger partial charge in [-0.15, -0.1) is 0 Å². The summed E-state index contributed by atoms with van der Waals surface area (Å²) in [5.41, 5.74) is 2.57. The molecule has 156 valence electrons. The molecule has 0 unspecified atom stereocenters. The summed E-state index contributed by atoms with van der Waals surface area (Å²) in [6.07, 6.45) is 0.0347. The second-order valence-electron chi connectivity index (χ2n) is 7.07. The highest BCUT2D eigenvalue weighted by molar-refractivity contribution is 6.05. The molecule has 0 radical (unpaired) electrons. The van der Waals surface area contributed by atoms with Crippen molar-refractivity contribution in [2.45, 2.75) is 33.5 Å². The van der Waals surface area contributed by atoms with Gasteiger partial charge >= 0.3 is 0 Å². The highest BCUT2D eigenvalue weighted by Gasteiger charge is 2.12. The maximum absolute atomic E-state index is 12.7. The van der Waals surface area contributed by atoms with Gasteiger partial charge in [-0.05, 0) is 57.2 Å². The number of para-hydroxylation sites is 2. The third-order valence-corrected chi connectivity index (χ3v) is 4.21. The van der Waals surface area contributed by atoms with Gasteiger partial charge in [-0.3, -0.25) is 9.78 Å². The van der Waals surface area contributed by atoms with E-state index in [4.69, 9.17) is 14.2 Å². The Hall–Kier alpha value is -3.38. The highest BCUT2D eigenvalue weighted by atomic mass is 16.5. The van der Waals surface area contributed by atoms with Crippen LogP contribution in [0, 0.1) is 6.92 Å². The van der Waals surface area contributed by atoms with E-state index in [0.29, 0.717) is 40.8 Å². The van der Waals surface area contributed by atoms with E-state index in [9.17, 15) is 4.79 Å². The van der Waals surface area contributed by atoms with Crippen LogP contribution in [-0.4, -0.2) is 24.1 Å². The number of nitrogens with one attached hydrogen (secondary N) is 1. The molecule has 0 aliphatic carbocycles. The van der Waals surface area contributed by atoms with Crippen LogP contribution in [0.15, 0.2) is 60.7 Å². The number of aromatic nitrogens is 1. The van der Waals surface area contributed by atoms with E-state index in [0.717, 1.165) is 5.69 Å². The number of pyridine rings is 1. The van der Waals surface area contributed by atoms with Crippen LogP contribution in [-0.2, 0) is 11.3 Å². The summed E-state index contributed by atoms with van der Waals surface area (Å²) in [4.78, 5) is 17.1. The predicted octanol–water partition coefficient (Wildman–Crippen LogP) is 5.37. The van der Waals surface area contributed by atoms with E-state index in [1.807, 2.05) is 56.3 Å². The van der Waals surface area contributed by atoms with Gasteiger partial charge in [-0.25, -0.2) is 0 Å². The van der Waals surface area contributed by atoms with E-state index in [1.54, 1.807) is 32.2 Å². The number of rotatable bonds is 8. The first-order valence-corrected chi connectivity index (χ1v) is 9.76. The van der Waals surface area contributed by atoms with Crippen molar-refractivity contribution in [3.63, 3.8) is 0 Å². The van der Waals surface area contributed by atoms with Crippen LogP contribution in [0.25, 0.3) is 0 Å². The summed E-state index contributed by atoms with van der Waals surface area (Å²) >= 11 is 0. The number of hydrogen-bond donors (Lipinski definition) is 1. The topological polar surface area (TPSA) is 69.7 Å². The number of ether oxygens (including phenoxy) is 3. The smallest absolute Gasteiger partial charge is 0.257 e. The van der Waals surface area contributed by atoms with Gasteiger partial charge < -0.3 is 19.5 Å². The minimum Gasteiger partial charge on any atom is -0.487 e. The van der Waals surface area contributed by atoms with Gasteiger partial charge in [0.1, 0.15) is 5.75 Å². The molecule has 6 nitrogen and oxygen atoms in total. The third-order valence-electron chi connectivity index (χ3n) is 4.21. The maximum atomic E-state index is 12.7. The van der Waals surface area contributed by atoms with E-state index in [2.05, 4.69) is 10.3 Å². The number of carbonyl (C=O) groups is 1. The summed E-state index contributed by atoms with van der Waals surface area (Å²) in [6.45, 7) is 6.14. The molecule has 0 atom stereocenters. The molecule has 3 aromatic rings. The first kappa shape index (κ1) is 21.3. The van der Waals surface area contributed by atoms with Crippen LogP contribution in [0.3, 0.4) is 0 Å². The molecule has 0 spiro atoms. The molecular weight excluding hydrogens is 380 g/mol. The van der Waals surface area contributed by atoms with Gasteiger partial charge in [0.2, 0.25) is 0 Å². The van der Waals surface area contributed by atoms with Crippen molar-refractivity contribution in [2.75, 3.05) is 12.4 Å². The SMILES string of the molecule is COCc1ccc(C(=O)Nc2cccc(Oc3ccccc3OC(C)C)c2)c(C)n1. The summed E-state index contributed by atoms with van der Waals surface area (Å²) < 4.78 is 16.9. The average Bonchev–Trinajstić information content (AvgIpc) is 2.70. The molecular formula is C24H26N2O4. The van der Waals surface area contributed by atoms with Gasteiger partial charge in [0, 0.05) is 18.9 Å².